The molecule has 0 saturated heterocycles. The molecule has 6 heteroatoms. The predicted molar refractivity (Wildman–Crippen MR) is 74.4 cm³/mol. The summed E-state index contributed by atoms with van der Waals surface area (Å²) in [5, 5.41) is 13.2. The third kappa shape index (κ3) is 3.43. The first-order valence-corrected chi connectivity index (χ1v) is 6.77. The van der Waals surface area contributed by atoms with Crippen molar-refractivity contribution in [1.29, 1.82) is 0 Å². The molecular formula is C13H19FN2O2S. The Balaban J connectivity index is 3.12. The van der Waals surface area contributed by atoms with Crippen LogP contribution in [0.4, 0.5) is 4.39 Å². The number of aliphatic carboxylic acids is 1. The largest absolute Gasteiger partial charge is 0.481 e. The SMILES string of the molecule is CC1C=CC(F)=C(N=NSC(C)(C)C)C1(C)C(=O)O. The Morgan fingerprint density at radius 2 is 2.11 bits per heavy atom. The van der Waals surface area contributed by atoms with Gasteiger partial charge in [0.15, 0.2) is 0 Å². The average molecular weight is 286 g/mol. The van der Waals surface area contributed by atoms with Crippen LogP contribution in [-0.4, -0.2) is 15.8 Å². The van der Waals surface area contributed by atoms with E-state index in [2.05, 4.69) is 9.63 Å². The second-order valence-electron chi connectivity index (χ2n) is 5.74. The van der Waals surface area contributed by atoms with E-state index in [0.717, 1.165) is 0 Å². The van der Waals surface area contributed by atoms with Gasteiger partial charge < -0.3 is 5.11 Å². The summed E-state index contributed by atoms with van der Waals surface area (Å²) in [7, 11) is 0. The molecule has 0 spiro atoms. The normalized spacial score (nSPS) is 28.2. The van der Waals surface area contributed by atoms with E-state index >= 15 is 0 Å². The fourth-order valence-electron chi connectivity index (χ4n) is 1.60. The lowest BCUT2D eigenvalue weighted by atomic mass is 9.72. The van der Waals surface area contributed by atoms with Gasteiger partial charge in [0, 0.05) is 16.7 Å². The van der Waals surface area contributed by atoms with Gasteiger partial charge in [-0.05, 0) is 39.7 Å². The number of carbonyl (C=O) groups is 1. The van der Waals surface area contributed by atoms with Gasteiger partial charge in [-0.15, -0.1) is 9.63 Å². The zero-order valence-corrected chi connectivity index (χ0v) is 12.6. The van der Waals surface area contributed by atoms with Crippen LogP contribution in [0.5, 0.6) is 0 Å². The molecule has 0 aliphatic heterocycles. The Morgan fingerprint density at radius 3 is 2.58 bits per heavy atom. The first-order chi connectivity index (χ1) is 8.59. The fourth-order valence-corrected chi connectivity index (χ4v) is 1.96. The highest BCUT2D eigenvalue weighted by atomic mass is 32.2. The maximum atomic E-state index is 13.9. The lowest BCUT2D eigenvalue weighted by Gasteiger charge is -2.31. The number of rotatable bonds is 3. The average Bonchev–Trinajstić information content (AvgIpc) is 2.27. The highest BCUT2D eigenvalue weighted by Crippen LogP contribution is 2.43. The molecule has 0 aromatic heterocycles. The van der Waals surface area contributed by atoms with Crippen molar-refractivity contribution < 1.29 is 14.3 Å². The van der Waals surface area contributed by atoms with Crippen LogP contribution in [0.3, 0.4) is 0 Å². The van der Waals surface area contributed by atoms with Crippen LogP contribution in [-0.2, 0) is 4.79 Å². The molecule has 0 fully saturated rings. The summed E-state index contributed by atoms with van der Waals surface area (Å²) in [6.45, 7) is 9.03. The zero-order chi connectivity index (χ0) is 14.8. The molecule has 0 aromatic carbocycles. The van der Waals surface area contributed by atoms with E-state index in [-0.39, 0.29) is 16.4 Å². The van der Waals surface area contributed by atoms with Gasteiger partial charge in [-0.25, -0.2) is 4.39 Å². The first kappa shape index (κ1) is 15.9. The van der Waals surface area contributed by atoms with Gasteiger partial charge >= 0.3 is 5.97 Å². The van der Waals surface area contributed by atoms with Crippen LogP contribution in [0.25, 0.3) is 0 Å². The summed E-state index contributed by atoms with van der Waals surface area (Å²) in [6.07, 6.45) is 2.80. The Labute approximate surface area is 117 Å². The number of allylic oxidation sites excluding steroid dienone is 3. The van der Waals surface area contributed by atoms with Crippen molar-refractivity contribution >= 4 is 17.9 Å². The van der Waals surface area contributed by atoms with Crippen LogP contribution < -0.4 is 0 Å². The predicted octanol–water partition coefficient (Wildman–Crippen LogP) is 4.36. The van der Waals surface area contributed by atoms with Gasteiger partial charge in [0.1, 0.15) is 16.9 Å². The van der Waals surface area contributed by atoms with Crippen molar-refractivity contribution in [2.75, 3.05) is 0 Å². The van der Waals surface area contributed by atoms with Gasteiger partial charge in [-0.2, -0.15) is 0 Å². The van der Waals surface area contributed by atoms with E-state index in [9.17, 15) is 14.3 Å². The Kier molecular flexibility index (Phi) is 4.55. The van der Waals surface area contributed by atoms with E-state index in [0.29, 0.717) is 0 Å². The van der Waals surface area contributed by atoms with Gasteiger partial charge in [-0.1, -0.05) is 13.0 Å². The standard InChI is InChI=1S/C13H19FN2O2S/c1-8-6-7-9(14)10(13(8,5)11(17)18)15-16-19-12(2,3)4/h6-8H,1-5H3,(H,17,18). The summed E-state index contributed by atoms with van der Waals surface area (Å²) in [5.41, 5.74) is -1.51. The minimum atomic E-state index is -1.39. The minimum Gasteiger partial charge on any atom is -0.481 e. The maximum Gasteiger partial charge on any atom is 0.316 e. The molecule has 2 atom stereocenters. The maximum absolute atomic E-state index is 13.9. The first-order valence-electron chi connectivity index (χ1n) is 6.00. The van der Waals surface area contributed by atoms with Gasteiger partial charge in [-0.3, -0.25) is 4.79 Å². The number of hydrogen-bond acceptors (Lipinski definition) is 4. The van der Waals surface area contributed by atoms with Crippen LogP contribution >= 0.6 is 11.9 Å². The van der Waals surface area contributed by atoms with Crippen molar-refractivity contribution in [2.24, 2.45) is 21.0 Å². The molecule has 0 aromatic rings. The molecule has 0 saturated carbocycles. The van der Waals surface area contributed by atoms with Gasteiger partial charge in [0.25, 0.3) is 0 Å². The lowest BCUT2D eigenvalue weighted by Crippen LogP contribution is -2.37. The van der Waals surface area contributed by atoms with Crippen molar-refractivity contribution in [3.8, 4) is 0 Å². The molecule has 0 radical (unpaired) electrons. The Hall–Kier alpha value is -1.17. The van der Waals surface area contributed by atoms with Crippen LogP contribution in [0.15, 0.2) is 33.3 Å². The second kappa shape index (κ2) is 5.45. The quantitative estimate of drug-likeness (QED) is 0.619. The Morgan fingerprint density at radius 1 is 1.53 bits per heavy atom. The number of halogens is 1. The van der Waals surface area contributed by atoms with Crippen molar-refractivity contribution in [2.45, 2.75) is 39.4 Å². The summed E-state index contributed by atoms with van der Waals surface area (Å²) in [5.74, 6) is -2.09. The second-order valence-corrected chi connectivity index (χ2v) is 7.31. The van der Waals surface area contributed by atoms with E-state index < -0.39 is 17.2 Å². The molecule has 0 heterocycles. The molecule has 1 N–H and O–H groups in total. The fraction of sp³-hybridized carbons (Fsp3) is 0.615. The van der Waals surface area contributed by atoms with E-state index in [1.807, 2.05) is 20.8 Å². The van der Waals surface area contributed by atoms with Crippen LogP contribution in [0, 0.1) is 11.3 Å². The highest BCUT2D eigenvalue weighted by molar-refractivity contribution is 7.99. The summed E-state index contributed by atoms with van der Waals surface area (Å²) < 4.78 is 17.6. The van der Waals surface area contributed by atoms with E-state index in [1.165, 1.54) is 24.9 Å². The van der Waals surface area contributed by atoms with E-state index in [1.54, 1.807) is 13.0 Å². The molecule has 1 rings (SSSR count). The zero-order valence-electron chi connectivity index (χ0n) is 11.8. The number of carboxylic acid groups (broad SMARTS) is 1. The van der Waals surface area contributed by atoms with E-state index in [4.69, 9.17) is 0 Å². The Bertz CT molecular complexity index is 466. The molecular weight excluding hydrogens is 267 g/mol. The lowest BCUT2D eigenvalue weighted by molar-refractivity contribution is -0.147. The molecule has 0 bridgehead atoms. The third-order valence-corrected chi connectivity index (χ3v) is 3.77. The summed E-state index contributed by atoms with van der Waals surface area (Å²) in [6, 6.07) is 0. The monoisotopic (exact) mass is 286 g/mol. The molecule has 1 aliphatic rings. The minimum absolute atomic E-state index is 0.119. The van der Waals surface area contributed by atoms with Crippen LogP contribution in [0.2, 0.25) is 0 Å². The smallest absolute Gasteiger partial charge is 0.316 e. The number of carboxylic acids is 1. The van der Waals surface area contributed by atoms with Crippen molar-refractivity contribution in [3.05, 3.63) is 23.7 Å². The molecule has 106 valence electrons. The highest BCUT2D eigenvalue weighted by Gasteiger charge is 2.46. The van der Waals surface area contributed by atoms with Gasteiger partial charge in [0.2, 0.25) is 0 Å². The molecule has 19 heavy (non-hydrogen) atoms. The number of hydrogen-bond donors (Lipinski definition) is 1. The third-order valence-electron chi connectivity index (χ3n) is 3.06. The molecule has 4 nitrogen and oxygen atoms in total. The molecule has 2 unspecified atom stereocenters. The summed E-state index contributed by atoms with van der Waals surface area (Å²) >= 11 is 1.18. The summed E-state index contributed by atoms with van der Waals surface area (Å²) in [4.78, 5) is 11.5. The van der Waals surface area contributed by atoms with Crippen LogP contribution in [0.1, 0.15) is 34.6 Å². The molecule has 1 aliphatic carbocycles. The molecule has 0 amide bonds. The van der Waals surface area contributed by atoms with Gasteiger partial charge in [0.05, 0.1) is 0 Å². The topological polar surface area (TPSA) is 62.0 Å². The van der Waals surface area contributed by atoms with Crippen molar-refractivity contribution in [1.82, 2.24) is 0 Å². The van der Waals surface area contributed by atoms with Crippen molar-refractivity contribution in [3.63, 3.8) is 0 Å². The number of nitrogens with zero attached hydrogens (tertiary/aromatic N) is 2.